The molecule has 0 bridgehead atoms. The van der Waals surface area contributed by atoms with Gasteiger partial charge in [0.05, 0.1) is 6.54 Å². The summed E-state index contributed by atoms with van der Waals surface area (Å²) in [6, 6.07) is 26.6. The highest BCUT2D eigenvalue weighted by molar-refractivity contribution is 6.30. The number of aryl methyl sites for hydroxylation is 1. The Morgan fingerprint density at radius 3 is 2.21 bits per heavy atom. The van der Waals surface area contributed by atoms with Gasteiger partial charge in [-0.15, -0.1) is 0 Å². The van der Waals surface area contributed by atoms with Crippen molar-refractivity contribution < 1.29 is 0 Å². The lowest BCUT2D eigenvalue weighted by atomic mass is 10.1. The summed E-state index contributed by atoms with van der Waals surface area (Å²) in [6.45, 7) is 4.15. The number of hydrogen-bond donors (Lipinski definition) is 1. The molecule has 0 atom stereocenters. The molecular weight excluding hydrogens is 380 g/mol. The average Bonchev–Trinajstić information content (AvgIpc) is 3.14. The molecule has 0 amide bonds. The van der Waals surface area contributed by atoms with Gasteiger partial charge in [-0.2, -0.15) is 15.0 Å². The van der Waals surface area contributed by atoms with Gasteiger partial charge >= 0.3 is 0 Å². The number of rotatable bonds is 7. The van der Waals surface area contributed by atoms with Crippen molar-refractivity contribution in [3.8, 4) is 11.3 Å². The van der Waals surface area contributed by atoms with Crippen LogP contribution in [-0.4, -0.2) is 15.0 Å². The fraction of sp³-hybridized carbons (Fsp3) is 0.167. The van der Waals surface area contributed by atoms with Crippen LogP contribution < -0.4 is 5.32 Å². The Morgan fingerprint density at radius 1 is 0.793 bits per heavy atom. The molecule has 0 spiro atoms. The highest BCUT2D eigenvalue weighted by atomic mass is 35.5. The quantitative estimate of drug-likeness (QED) is 0.459. The molecule has 0 radical (unpaired) electrons. The molecule has 3 aromatic carbocycles. The second kappa shape index (κ2) is 9.03. The zero-order valence-corrected chi connectivity index (χ0v) is 17.1. The molecule has 0 aliphatic carbocycles. The van der Waals surface area contributed by atoms with Crippen molar-refractivity contribution in [1.82, 2.24) is 20.3 Å². The zero-order chi connectivity index (χ0) is 20.1. The SMILES string of the molecule is Cc1ccc(CNCc2nn(Cc3ccc(Cl)cc3)nc2-c2ccccc2)cc1. The first-order valence-electron chi connectivity index (χ1n) is 9.67. The van der Waals surface area contributed by atoms with Gasteiger partial charge in [-0.1, -0.05) is 83.9 Å². The van der Waals surface area contributed by atoms with Crippen LogP contribution in [0.5, 0.6) is 0 Å². The van der Waals surface area contributed by atoms with E-state index in [0.717, 1.165) is 34.1 Å². The number of nitrogens with one attached hydrogen (secondary N) is 1. The maximum Gasteiger partial charge on any atom is 0.117 e. The maximum atomic E-state index is 5.99. The Balaban J connectivity index is 1.53. The maximum absolute atomic E-state index is 5.99. The predicted octanol–water partition coefficient (Wildman–Crippen LogP) is 5.25. The summed E-state index contributed by atoms with van der Waals surface area (Å²) in [5, 5.41) is 13.8. The Hall–Kier alpha value is -2.95. The van der Waals surface area contributed by atoms with Crippen molar-refractivity contribution in [1.29, 1.82) is 0 Å². The lowest BCUT2D eigenvalue weighted by Gasteiger charge is -2.05. The Bertz CT molecular complexity index is 1050. The first-order valence-corrected chi connectivity index (χ1v) is 10.1. The summed E-state index contributed by atoms with van der Waals surface area (Å²) in [7, 11) is 0. The molecule has 0 unspecified atom stereocenters. The zero-order valence-electron chi connectivity index (χ0n) is 16.3. The van der Waals surface area contributed by atoms with E-state index in [1.165, 1.54) is 11.1 Å². The van der Waals surface area contributed by atoms with Crippen molar-refractivity contribution in [2.45, 2.75) is 26.6 Å². The van der Waals surface area contributed by atoms with Crippen molar-refractivity contribution in [2.24, 2.45) is 0 Å². The van der Waals surface area contributed by atoms with Crippen LogP contribution in [0.3, 0.4) is 0 Å². The molecule has 29 heavy (non-hydrogen) atoms. The van der Waals surface area contributed by atoms with E-state index in [9.17, 15) is 0 Å². The third-order valence-corrected chi connectivity index (χ3v) is 5.00. The molecule has 1 heterocycles. The van der Waals surface area contributed by atoms with Gasteiger partial charge in [0.15, 0.2) is 0 Å². The van der Waals surface area contributed by atoms with Crippen LogP contribution in [0.4, 0.5) is 0 Å². The summed E-state index contributed by atoms with van der Waals surface area (Å²) >= 11 is 5.99. The van der Waals surface area contributed by atoms with E-state index in [-0.39, 0.29) is 0 Å². The van der Waals surface area contributed by atoms with Gasteiger partial charge < -0.3 is 5.32 Å². The smallest absolute Gasteiger partial charge is 0.117 e. The van der Waals surface area contributed by atoms with Gasteiger partial charge in [0.1, 0.15) is 11.4 Å². The van der Waals surface area contributed by atoms with Crippen molar-refractivity contribution >= 4 is 11.6 Å². The minimum absolute atomic E-state index is 0.606. The number of nitrogens with zero attached hydrogens (tertiary/aromatic N) is 3. The van der Waals surface area contributed by atoms with E-state index in [1.54, 1.807) is 4.80 Å². The molecule has 4 rings (SSSR count). The molecule has 4 nitrogen and oxygen atoms in total. The molecule has 0 saturated carbocycles. The van der Waals surface area contributed by atoms with Crippen molar-refractivity contribution in [3.05, 3.63) is 106 Å². The fourth-order valence-electron chi connectivity index (χ4n) is 3.18. The third kappa shape index (κ3) is 5.11. The van der Waals surface area contributed by atoms with Gasteiger partial charge in [0.25, 0.3) is 0 Å². The molecule has 0 saturated heterocycles. The van der Waals surface area contributed by atoms with E-state index >= 15 is 0 Å². The highest BCUT2D eigenvalue weighted by Crippen LogP contribution is 2.20. The molecule has 1 aromatic heterocycles. The van der Waals surface area contributed by atoms with Crippen molar-refractivity contribution in [2.75, 3.05) is 0 Å². The normalized spacial score (nSPS) is 11.0. The molecule has 146 valence electrons. The van der Waals surface area contributed by atoms with Crippen LogP contribution >= 0.6 is 11.6 Å². The molecule has 0 aliphatic heterocycles. The molecule has 0 fully saturated rings. The number of hydrogen-bond acceptors (Lipinski definition) is 3. The third-order valence-electron chi connectivity index (χ3n) is 4.75. The van der Waals surface area contributed by atoms with Gasteiger partial charge in [0.2, 0.25) is 0 Å². The summed E-state index contributed by atoms with van der Waals surface area (Å²) < 4.78 is 0. The van der Waals surface area contributed by atoms with E-state index in [4.69, 9.17) is 21.8 Å². The summed E-state index contributed by atoms with van der Waals surface area (Å²) in [5.74, 6) is 0. The summed E-state index contributed by atoms with van der Waals surface area (Å²) in [4.78, 5) is 1.76. The van der Waals surface area contributed by atoms with Crippen molar-refractivity contribution in [3.63, 3.8) is 0 Å². The topological polar surface area (TPSA) is 42.7 Å². The lowest BCUT2D eigenvalue weighted by molar-refractivity contribution is 0.576. The number of aromatic nitrogens is 3. The Labute approximate surface area is 176 Å². The molecular formula is C24H23ClN4. The van der Waals surface area contributed by atoms with Crippen LogP contribution in [0.1, 0.15) is 22.4 Å². The average molecular weight is 403 g/mol. The summed E-state index contributed by atoms with van der Waals surface area (Å²) in [5.41, 5.74) is 6.56. The van der Waals surface area contributed by atoms with Gasteiger partial charge in [-0.25, -0.2) is 0 Å². The fourth-order valence-corrected chi connectivity index (χ4v) is 3.30. The van der Waals surface area contributed by atoms with Crippen LogP contribution in [0.2, 0.25) is 5.02 Å². The predicted molar refractivity (Wildman–Crippen MR) is 118 cm³/mol. The van der Waals surface area contributed by atoms with Crippen LogP contribution in [0.25, 0.3) is 11.3 Å². The number of benzene rings is 3. The van der Waals surface area contributed by atoms with E-state index in [2.05, 4.69) is 48.6 Å². The first kappa shape index (κ1) is 19.4. The minimum Gasteiger partial charge on any atom is -0.307 e. The molecule has 1 N–H and O–H groups in total. The Morgan fingerprint density at radius 2 is 1.48 bits per heavy atom. The van der Waals surface area contributed by atoms with Crippen LogP contribution in [-0.2, 0) is 19.6 Å². The lowest BCUT2D eigenvalue weighted by Crippen LogP contribution is -2.14. The number of halogens is 1. The second-order valence-corrected chi connectivity index (χ2v) is 7.54. The minimum atomic E-state index is 0.606. The second-order valence-electron chi connectivity index (χ2n) is 7.11. The van der Waals surface area contributed by atoms with E-state index in [1.807, 2.05) is 42.5 Å². The molecule has 4 aromatic rings. The van der Waals surface area contributed by atoms with Crippen LogP contribution in [0.15, 0.2) is 78.9 Å². The first-order chi connectivity index (χ1) is 14.2. The molecule has 5 heteroatoms. The van der Waals surface area contributed by atoms with E-state index in [0.29, 0.717) is 13.1 Å². The highest BCUT2D eigenvalue weighted by Gasteiger charge is 2.13. The summed E-state index contributed by atoms with van der Waals surface area (Å²) in [6.07, 6.45) is 0. The van der Waals surface area contributed by atoms with Gasteiger partial charge in [-0.05, 0) is 30.2 Å². The molecule has 0 aliphatic rings. The standard InChI is InChI=1S/C24H23ClN4/c1-18-7-9-19(10-8-18)15-26-16-23-24(21-5-3-2-4-6-21)28-29(27-23)17-20-11-13-22(25)14-12-20/h2-14,26H,15-17H2,1H3. The monoisotopic (exact) mass is 402 g/mol. The largest absolute Gasteiger partial charge is 0.307 e. The van der Waals surface area contributed by atoms with Crippen LogP contribution in [0, 0.1) is 6.92 Å². The Kier molecular flexibility index (Phi) is 6.03. The van der Waals surface area contributed by atoms with Gasteiger partial charge in [-0.3, -0.25) is 0 Å². The van der Waals surface area contributed by atoms with Gasteiger partial charge in [0, 0.05) is 23.7 Å². The van der Waals surface area contributed by atoms with E-state index < -0.39 is 0 Å².